The van der Waals surface area contributed by atoms with Gasteiger partial charge in [0.15, 0.2) is 0 Å². The number of piperidine rings is 2. The Bertz CT molecular complexity index is 204. The van der Waals surface area contributed by atoms with Crippen LogP contribution >= 0.6 is 0 Å². The van der Waals surface area contributed by atoms with Crippen LogP contribution in [0.2, 0.25) is 0 Å². The van der Waals surface area contributed by atoms with Crippen molar-refractivity contribution in [2.45, 2.75) is 38.1 Å². The summed E-state index contributed by atoms with van der Waals surface area (Å²) in [6.45, 7) is 7.98. The Hall–Kier alpha value is -0.500. The lowest BCUT2D eigenvalue weighted by molar-refractivity contribution is 0.135. The van der Waals surface area contributed by atoms with Crippen molar-refractivity contribution in [1.82, 2.24) is 9.80 Å². The second-order valence-electron chi connectivity index (χ2n) is 4.75. The van der Waals surface area contributed by atoms with Crippen molar-refractivity contribution in [3.63, 3.8) is 0 Å². The summed E-state index contributed by atoms with van der Waals surface area (Å²) in [4.78, 5) is 5.01. The van der Waals surface area contributed by atoms with E-state index in [2.05, 4.69) is 23.4 Å². The molecule has 2 fully saturated rings. The number of rotatable bonds is 1. The van der Waals surface area contributed by atoms with Gasteiger partial charge in [0, 0.05) is 18.3 Å². The van der Waals surface area contributed by atoms with Crippen molar-refractivity contribution < 1.29 is 0 Å². The summed E-state index contributed by atoms with van der Waals surface area (Å²) in [6.07, 6.45) is 6.60. The first-order valence-corrected chi connectivity index (χ1v) is 5.90. The lowest BCUT2D eigenvalue weighted by atomic mass is 9.99. The predicted octanol–water partition coefficient (Wildman–Crippen LogP) is 2.08. The van der Waals surface area contributed by atoms with Crippen LogP contribution in [0, 0.1) is 0 Å². The summed E-state index contributed by atoms with van der Waals surface area (Å²) in [5.41, 5.74) is 1.39. The van der Waals surface area contributed by atoms with Gasteiger partial charge in [0.1, 0.15) is 0 Å². The molecule has 14 heavy (non-hydrogen) atoms. The zero-order chi connectivity index (χ0) is 9.97. The van der Waals surface area contributed by atoms with Crippen molar-refractivity contribution >= 4 is 0 Å². The lowest BCUT2D eigenvalue weighted by Gasteiger charge is -2.41. The first-order valence-electron chi connectivity index (χ1n) is 5.90. The third kappa shape index (κ3) is 2.11. The van der Waals surface area contributed by atoms with Crippen LogP contribution in [0.1, 0.15) is 32.1 Å². The van der Waals surface area contributed by atoms with Gasteiger partial charge in [-0.2, -0.15) is 0 Å². The molecule has 0 saturated carbocycles. The Kier molecular flexibility index (Phi) is 3.12. The summed E-state index contributed by atoms with van der Waals surface area (Å²) < 4.78 is 0. The molecule has 2 nitrogen and oxygen atoms in total. The van der Waals surface area contributed by atoms with Gasteiger partial charge in [0.2, 0.25) is 0 Å². The molecule has 80 valence electrons. The minimum Gasteiger partial charge on any atom is -0.372 e. The third-order valence-corrected chi connectivity index (χ3v) is 3.65. The molecule has 0 amide bonds. The predicted molar refractivity (Wildman–Crippen MR) is 60.2 cm³/mol. The van der Waals surface area contributed by atoms with Gasteiger partial charge in [-0.05, 0) is 52.2 Å². The Morgan fingerprint density at radius 2 is 1.86 bits per heavy atom. The van der Waals surface area contributed by atoms with Gasteiger partial charge in [0.25, 0.3) is 0 Å². The highest BCUT2D eigenvalue weighted by molar-refractivity contribution is 5.00. The van der Waals surface area contributed by atoms with E-state index in [1.165, 1.54) is 57.4 Å². The van der Waals surface area contributed by atoms with Gasteiger partial charge >= 0.3 is 0 Å². The zero-order valence-electron chi connectivity index (χ0n) is 9.34. The number of nitrogens with zero attached hydrogens (tertiary/aromatic N) is 2. The maximum absolute atomic E-state index is 4.20. The van der Waals surface area contributed by atoms with Crippen molar-refractivity contribution in [3.05, 3.63) is 12.3 Å². The molecule has 0 spiro atoms. The van der Waals surface area contributed by atoms with E-state index in [1.54, 1.807) is 0 Å². The van der Waals surface area contributed by atoms with Crippen LogP contribution in [0.25, 0.3) is 0 Å². The minimum absolute atomic E-state index is 0.791. The fourth-order valence-electron chi connectivity index (χ4n) is 2.66. The van der Waals surface area contributed by atoms with Gasteiger partial charge in [-0.25, -0.2) is 0 Å². The second-order valence-corrected chi connectivity index (χ2v) is 4.75. The standard InChI is InChI=1S/C12H22N2/c1-11-5-3-4-8-14(11)12-6-9-13(2)10-7-12/h12H,1,3-10H2,2H3. The molecule has 2 aliphatic rings. The monoisotopic (exact) mass is 194 g/mol. The quantitative estimate of drug-likeness (QED) is 0.630. The summed E-state index contributed by atoms with van der Waals surface area (Å²) in [7, 11) is 2.22. The second kappa shape index (κ2) is 4.35. The summed E-state index contributed by atoms with van der Waals surface area (Å²) in [5.74, 6) is 0. The molecule has 0 aliphatic carbocycles. The first-order chi connectivity index (χ1) is 6.77. The molecule has 2 heterocycles. The van der Waals surface area contributed by atoms with E-state index in [9.17, 15) is 0 Å². The van der Waals surface area contributed by atoms with Crippen LogP contribution in [0.3, 0.4) is 0 Å². The van der Waals surface area contributed by atoms with E-state index in [1.807, 2.05) is 0 Å². The average molecular weight is 194 g/mol. The average Bonchev–Trinajstić information content (AvgIpc) is 2.20. The first kappa shape index (κ1) is 10.0. The molecule has 2 heteroatoms. The third-order valence-electron chi connectivity index (χ3n) is 3.65. The van der Waals surface area contributed by atoms with Gasteiger partial charge in [-0.15, -0.1) is 0 Å². The van der Waals surface area contributed by atoms with Crippen molar-refractivity contribution in [3.8, 4) is 0 Å². The molecule has 0 N–H and O–H groups in total. The molecular weight excluding hydrogens is 172 g/mol. The van der Waals surface area contributed by atoms with Gasteiger partial charge in [0.05, 0.1) is 0 Å². The Balaban J connectivity index is 1.90. The highest BCUT2D eigenvalue weighted by atomic mass is 15.2. The lowest BCUT2D eigenvalue weighted by Crippen LogP contribution is -2.44. The Morgan fingerprint density at radius 3 is 2.50 bits per heavy atom. The van der Waals surface area contributed by atoms with Crippen LogP contribution in [-0.2, 0) is 0 Å². The normalized spacial score (nSPS) is 26.9. The van der Waals surface area contributed by atoms with Crippen molar-refractivity contribution in [1.29, 1.82) is 0 Å². The fourth-order valence-corrected chi connectivity index (χ4v) is 2.66. The van der Waals surface area contributed by atoms with E-state index in [4.69, 9.17) is 0 Å². The summed E-state index contributed by atoms with van der Waals surface area (Å²) in [5, 5.41) is 0. The summed E-state index contributed by atoms with van der Waals surface area (Å²) in [6, 6.07) is 0.791. The number of likely N-dealkylation sites (tertiary alicyclic amines) is 2. The molecule has 0 aromatic carbocycles. The van der Waals surface area contributed by atoms with Crippen LogP contribution in [0.4, 0.5) is 0 Å². The topological polar surface area (TPSA) is 6.48 Å². The molecule has 0 unspecified atom stereocenters. The minimum atomic E-state index is 0.791. The molecule has 0 atom stereocenters. The van der Waals surface area contributed by atoms with Gasteiger partial charge < -0.3 is 9.80 Å². The smallest absolute Gasteiger partial charge is 0.0311 e. The molecule has 0 aromatic heterocycles. The summed E-state index contributed by atoms with van der Waals surface area (Å²) >= 11 is 0. The van der Waals surface area contributed by atoms with E-state index >= 15 is 0 Å². The Labute approximate surface area is 87.6 Å². The molecule has 2 aliphatic heterocycles. The fraction of sp³-hybridized carbons (Fsp3) is 0.833. The number of allylic oxidation sites excluding steroid dienone is 1. The van der Waals surface area contributed by atoms with Gasteiger partial charge in [-0.1, -0.05) is 6.58 Å². The zero-order valence-corrected chi connectivity index (χ0v) is 9.34. The van der Waals surface area contributed by atoms with Crippen molar-refractivity contribution in [2.24, 2.45) is 0 Å². The van der Waals surface area contributed by atoms with E-state index < -0.39 is 0 Å². The SMILES string of the molecule is C=C1CCCCN1C1CCN(C)CC1. The molecule has 0 radical (unpaired) electrons. The Morgan fingerprint density at radius 1 is 1.14 bits per heavy atom. The molecule has 0 aromatic rings. The van der Waals surface area contributed by atoms with E-state index in [0.717, 1.165) is 6.04 Å². The van der Waals surface area contributed by atoms with E-state index in [0.29, 0.717) is 0 Å². The van der Waals surface area contributed by atoms with Gasteiger partial charge in [-0.3, -0.25) is 0 Å². The van der Waals surface area contributed by atoms with Crippen LogP contribution < -0.4 is 0 Å². The van der Waals surface area contributed by atoms with Crippen LogP contribution in [-0.4, -0.2) is 42.5 Å². The number of hydrogen-bond donors (Lipinski definition) is 0. The van der Waals surface area contributed by atoms with Crippen LogP contribution in [0.5, 0.6) is 0 Å². The van der Waals surface area contributed by atoms with E-state index in [-0.39, 0.29) is 0 Å². The molecular formula is C12H22N2. The largest absolute Gasteiger partial charge is 0.372 e. The highest BCUT2D eigenvalue weighted by Crippen LogP contribution is 2.26. The van der Waals surface area contributed by atoms with Crippen LogP contribution in [0.15, 0.2) is 12.3 Å². The maximum atomic E-state index is 4.20. The van der Waals surface area contributed by atoms with Crippen molar-refractivity contribution in [2.75, 3.05) is 26.7 Å². The highest BCUT2D eigenvalue weighted by Gasteiger charge is 2.25. The molecule has 2 rings (SSSR count). The maximum Gasteiger partial charge on any atom is 0.0311 e. The molecule has 0 bridgehead atoms. The molecule has 2 saturated heterocycles. The number of hydrogen-bond acceptors (Lipinski definition) is 2.